The van der Waals surface area contributed by atoms with Gasteiger partial charge in [0.05, 0.1) is 18.8 Å². The topological polar surface area (TPSA) is 64.4 Å². The summed E-state index contributed by atoms with van der Waals surface area (Å²) < 4.78 is 5.51. The molecule has 1 aliphatic heterocycles. The molecule has 1 rings (SSSR count). The largest absolute Gasteiger partial charge is 0.374 e. The number of halogens is 1. The normalized spacial score (nSPS) is 28.8. The Labute approximate surface area is 91.0 Å². The highest BCUT2D eigenvalue weighted by atomic mass is 35.5. The van der Waals surface area contributed by atoms with Crippen LogP contribution in [0.4, 0.5) is 0 Å². The molecule has 0 spiro atoms. The minimum Gasteiger partial charge on any atom is -0.374 e. The van der Waals surface area contributed by atoms with Crippen LogP contribution in [0.5, 0.6) is 0 Å². The summed E-state index contributed by atoms with van der Waals surface area (Å²) in [4.78, 5) is 10.8. The van der Waals surface area contributed by atoms with Gasteiger partial charge in [0.1, 0.15) is 0 Å². The van der Waals surface area contributed by atoms with Crippen molar-refractivity contribution in [1.82, 2.24) is 5.32 Å². The molecule has 4 nitrogen and oxygen atoms in total. The highest BCUT2D eigenvalue weighted by molar-refractivity contribution is 5.85. The molecule has 84 valence electrons. The highest BCUT2D eigenvalue weighted by Crippen LogP contribution is 2.15. The predicted molar refractivity (Wildman–Crippen MR) is 57.5 cm³/mol. The maximum Gasteiger partial charge on any atom is 0.217 e. The van der Waals surface area contributed by atoms with Crippen molar-refractivity contribution >= 4 is 18.3 Å². The molecule has 3 N–H and O–H groups in total. The highest BCUT2D eigenvalue weighted by Gasteiger charge is 2.24. The first-order chi connectivity index (χ1) is 6.09. The van der Waals surface area contributed by atoms with Crippen molar-refractivity contribution < 1.29 is 9.53 Å². The maximum absolute atomic E-state index is 10.8. The Morgan fingerprint density at radius 2 is 2.21 bits per heavy atom. The van der Waals surface area contributed by atoms with Crippen LogP contribution < -0.4 is 11.1 Å². The first-order valence-corrected chi connectivity index (χ1v) is 4.74. The lowest BCUT2D eigenvalue weighted by atomic mass is 10.0. The summed E-state index contributed by atoms with van der Waals surface area (Å²) in [7, 11) is 0. The van der Waals surface area contributed by atoms with Crippen molar-refractivity contribution in [3.63, 3.8) is 0 Å². The van der Waals surface area contributed by atoms with E-state index < -0.39 is 0 Å². The molecule has 1 aliphatic rings. The third kappa shape index (κ3) is 4.26. The number of rotatable bonds is 2. The van der Waals surface area contributed by atoms with Gasteiger partial charge < -0.3 is 15.8 Å². The minimum absolute atomic E-state index is 0. The van der Waals surface area contributed by atoms with Gasteiger partial charge in [0, 0.05) is 13.0 Å². The summed E-state index contributed by atoms with van der Waals surface area (Å²) in [5, 5.41) is 2.82. The lowest BCUT2D eigenvalue weighted by molar-refractivity contribution is -0.121. The molecule has 0 aromatic heterocycles. The molecular formula is C9H19ClN2O2. The van der Waals surface area contributed by atoms with Crippen LogP contribution in [0.1, 0.15) is 26.7 Å². The zero-order valence-corrected chi connectivity index (χ0v) is 9.47. The zero-order chi connectivity index (χ0) is 9.84. The first-order valence-electron chi connectivity index (χ1n) is 4.74. The van der Waals surface area contributed by atoms with Crippen LogP contribution >= 0.6 is 12.4 Å². The van der Waals surface area contributed by atoms with Gasteiger partial charge in [-0.3, -0.25) is 4.79 Å². The summed E-state index contributed by atoms with van der Waals surface area (Å²) in [6.07, 6.45) is 2.04. The number of carbonyl (C=O) groups is 1. The van der Waals surface area contributed by atoms with Crippen molar-refractivity contribution in [2.75, 3.05) is 6.61 Å². The van der Waals surface area contributed by atoms with Crippen LogP contribution in [-0.2, 0) is 9.53 Å². The van der Waals surface area contributed by atoms with Gasteiger partial charge in [0.15, 0.2) is 0 Å². The summed E-state index contributed by atoms with van der Waals surface area (Å²) in [5.74, 6) is -0.00836. The molecule has 0 unspecified atom stereocenters. The molecule has 0 saturated carbocycles. The van der Waals surface area contributed by atoms with E-state index in [4.69, 9.17) is 10.5 Å². The molecule has 1 fully saturated rings. The number of nitrogens with two attached hydrogens (primary N) is 1. The van der Waals surface area contributed by atoms with E-state index in [2.05, 4.69) is 5.32 Å². The van der Waals surface area contributed by atoms with Crippen LogP contribution in [0.3, 0.4) is 0 Å². The van der Waals surface area contributed by atoms with Crippen molar-refractivity contribution in [3.05, 3.63) is 0 Å². The number of carbonyl (C=O) groups excluding carboxylic acids is 1. The van der Waals surface area contributed by atoms with Gasteiger partial charge in [-0.15, -0.1) is 12.4 Å². The number of ether oxygens (including phenoxy) is 1. The number of hydrogen-bond acceptors (Lipinski definition) is 3. The summed E-state index contributed by atoms with van der Waals surface area (Å²) in [6.45, 7) is 4.09. The Balaban J connectivity index is 0.00000169. The second kappa shape index (κ2) is 6.22. The average Bonchev–Trinajstić information content (AvgIpc) is 2.04. The van der Waals surface area contributed by atoms with E-state index in [1.807, 2.05) is 6.92 Å². The summed E-state index contributed by atoms with van der Waals surface area (Å²) >= 11 is 0. The monoisotopic (exact) mass is 222 g/mol. The summed E-state index contributed by atoms with van der Waals surface area (Å²) in [6, 6.07) is 0.255. The van der Waals surface area contributed by atoms with Gasteiger partial charge in [-0.1, -0.05) is 0 Å². The number of amides is 1. The Bertz CT molecular complexity index is 182. The zero-order valence-electron chi connectivity index (χ0n) is 8.66. The van der Waals surface area contributed by atoms with E-state index >= 15 is 0 Å². The number of hydrogen-bond donors (Lipinski definition) is 2. The van der Waals surface area contributed by atoms with E-state index in [1.165, 1.54) is 6.92 Å². The van der Waals surface area contributed by atoms with Crippen LogP contribution in [0.25, 0.3) is 0 Å². The van der Waals surface area contributed by atoms with Crippen LogP contribution in [0.2, 0.25) is 0 Å². The van der Waals surface area contributed by atoms with E-state index in [-0.39, 0.29) is 36.5 Å². The van der Waals surface area contributed by atoms with E-state index in [0.29, 0.717) is 6.61 Å². The molecule has 5 heteroatoms. The predicted octanol–water partition coefficient (Wildman–Crippen LogP) is 0.439. The summed E-state index contributed by atoms with van der Waals surface area (Å²) in [5.41, 5.74) is 5.69. The second-order valence-electron chi connectivity index (χ2n) is 3.70. The Morgan fingerprint density at radius 3 is 2.64 bits per heavy atom. The fourth-order valence-electron chi connectivity index (χ4n) is 1.60. The third-order valence-corrected chi connectivity index (χ3v) is 2.33. The van der Waals surface area contributed by atoms with Gasteiger partial charge >= 0.3 is 0 Å². The standard InChI is InChI=1S/C9H18N2O2.ClH/c1-6(11-7(2)12)9-4-3-8(10)5-13-9;/h6,8-9H,3-5,10H2,1-2H3,(H,11,12);1H/t6-,8-,9+;/m1./s1. The molecule has 0 aromatic carbocycles. The molecule has 1 amide bonds. The van der Waals surface area contributed by atoms with E-state index in [0.717, 1.165) is 12.8 Å². The molecule has 3 atom stereocenters. The van der Waals surface area contributed by atoms with Gasteiger partial charge in [-0.25, -0.2) is 0 Å². The fourth-order valence-corrected chi connectivity index (χ4v) is 1.60. The maximum atomic E-state index is 10.8. The van der Waals surface area contributed by atoms with Crippen molar-refractivity contribution in [3.8, 4) is 0 Å². The molecule has 0 bridgehead atoms. The van der Waals surface area contributed by atoms with Crippen LogP contribution in [0.15, 0.2) is 0 Å². The molecule has 14 heavy (non-hydrogen) atoms. The fraction of sp³-hybridized carbons (Fsp3) is 0.889. The SMILES string of the molecule is CC(=O)N[C@H](C)[C@@H]1CC[C@@H](N)CO1.Cl. The molecular weight excluding hydrogens is 204 g/mol. The van der Waals surface area contributed by atoms with Gasteiger partial charge in [0.2, 0.25) is 5.91 Å². The van der Waals surface area contributed by atoms with Crippen LogP contribution in [0, 0.1) is 0 Å². The Kier molecular flexibility index (Phi) is 6.08. The van der Waals surface area contributed by atoms with Crippen molar-refractivity contribution in [1.29, 1.82) is 0 Å². The van der Waals surface area contributed by atoms with Crippen LogP contribution in [-0.4, -0.2) is 30.7 Å². The molecule has 0 aromatic rings. The second-order valence-corrected chi connectivity index (χ2v) is 3.70. The first kappa shape index (κ1) is 13.7. The lowest BCUT2D eigenvalue weighted by Crippen LogP contribution is -2.46. The molecule has 0 radical (unpaired) electrons. The van der Waals surface area contributed by atoms with E-state index in [1.54, 1.807) is 0 Å². The third-order valence-electron chi connectivity index (χ3n) is 2.33. The van der Waals surface area contributed by atoms with Crippen molar-refractivity contribution in [2.24, 2.45) is 5.73 Å². The Hall–Kier alpha value is -0.320. The smallest absolute Gasteiger partial charge is 0.217 e. The number of nitrogens with one attached hydrogen (secondary N) is 1. The average molecular weight is 223 g/mol. The van der Waals surface area contributed by atoms with Gasteiger partial charge in [0.25, 0.3) is 0 Å². The molecule has 1 heterocycles. The van der Waals surface area contributed by atoms with E-state index in [9.17, 15) is 4.79 Å². The lowest BCUT2D eigenvalue weighted by Gasteiger charge is -2.31. The van der Waals surface area contributed by atoms with Gasteiger partial charge in [-0.2, -0.15) is 0 Å². The quantitative estimate of drug-likeness (QED) is 0.713. The minimum atomic E-state index is -0.00836. The van der Waals surface area contributed by atoms with Gasteiger partial charge in [-0.05, 0) is 19.8 Å². The van der Waals surface area contributed by atoms with Crippen molar-refractivity contribution in [2.45, 2.75) is 44.9 Å². The molecule has 0 aliphatic carbocycles. The Morgan fingerprint density at radius 1 is 1.57 bits per heavy atom. The molecule has 1 saturated heterocycles.